The van der Waals surface area contributed by atoms with Crippen molar-refractivity contribution in [2.24, 2.45) is 0 Å². The summed E-state index contributed by atoms with van der Waals surface area (Å²) in [5.74, 6) is -2.59. The van der Waals surface area contributed by atoms with Crippen LogP contribution in [0.25, 0.3) is 0 Å². The second-order valence-corrected chi connectivity index (χ2v) is 15.0. The summed E-state index contributed by atoms with van der Waals surface area (Å²) in [6.07, 6.45) is 0.442. The highest BCUT2D eigenvalue weighted by atomic mass is 16.5. The Balaban J connectivity index is 0.000000214. The number of hydrogen-bond acceptors (Lipinski definition) is 15. The zero-order valence-electron chi connectivity index (χ0n) is 33.2. The van der Waals surface area contributed by atoms with Crippen molar-refractivity contribution in [2.75, 3.05) is 6.61 Å². The van der Waals surface area contributed by atoms with Gasteiger partial charge in [-0.1, -0.05) is 36.4 Å². The molecular weight excluding hydrogens is 805 g/mol. The number of benzene rings is 6. The van der Waals surface area contributed by atoms with Crippen molar-refractivity contribution < 1.29 is 76.2 Å². The second kappa shape index (κ2) is 18.9. The van der Waals surface area contributed by atoms with Gasteiger partial charge in [0.2, 0.25) is 0 Å². The molecule has 0 radical (unpaired) electrons. The Morgan fingerprint density at radius 3 is 1.34 bits per heavy atom. The van der Waals surface area contributed by atoms with Crippen LogP contribution in [0.3, 0.4) is 0 Å². The third-order valence-electron chi connectivity index (χ3n) is 11.0. The fourth-order valence-corrected chi connectivity index (χ4v) is 8.19. The molecule has 3 aliphatic rings. The molecule has 0 saturated heterocycles. The number of aliphatic hydroxyl groups is 2. The summed E-state index contributed by atoms with van der Waals surface area (Å²) in [4.78, 5) is 0. The number of ether oxygens (including phenoxy) is 1. The molecule has 62 heavy (non-hydrogen) atoms. The van der Waals surface area contributed by atoms with Crippen molar-refractivity contribution in [3.05, 3.63) is 136 Å². The van der Waals surface area contributed by atoms with Crippen molar-refractivity contribution >= 4 is 0 Å². The van der Waals surface area contributed by atoms with Crippen LogP contribution >= 0.6 is 0 Å². The van der Waals surface area contributed by atoms with E-state index in [1.54, 1.807) is 36.4 Å². The molecule has 0 amide bonds. The average Bonchev–Trinajstić information content (AvgIpc) is 3.23. The number of hydrogen-bond donors (Lipinski definition) is 14. The molecule has 1 aliphatic heterocycles. The monoisotopic (exact) mass is 852 g/mol. The van der Waals surface area contributed by atoms with E-state index in [0.29, 0.717) is 70.4 Å². The van der Waals surface area contributed by atoms with Gasteiger partial charge in [0.15, 0.2) is 34.5 Å². The summed E-state index contributed by atoms with van der Waals surface area (Å²) in [5, 5.41) is 138. The van der Waals surface area contributed by atoms with Gasteiger partial charge in [-0.3, -0.25) is 0 Å². The first-order valence-electron chi connectivity index (χ1n) is 19.7. The van der Waals surface area contributed by atoms with Gasteiger partial charge in [-0.2, -0.15) is 0 Å². The van der Waals surface area contributed by atoms with Crippen LogP contribution in [0, 0.1) is 0 Å². The summed E-state index contributed by atoms with van der Waals surface area (Å²) in [7, 11) is 0. The molecule has 15 heteroatoms. The van der Waals surface area contributed by atoms with Crippen molar-refractivity contribution in [1.29, 1.82) is 0 Å². The second-order valence-electron chi connectivity index (χ2n) is 15.0. The third kappa shape index (κ3) is 9.49. The standard InChI is InChI=1S/C29H30O9.3C6H6O2/c30-12-1-2-14-17(7-12)19(33)10-22(36)27(14)29-18(32)4-3-15-25(21(35)11-23(37)28(15)29)16-5-6-38-24-9-13(31)8-20(34)26(16)24;3*7-5-3-1-2-4-6(5)8/h8-12,16,18,29-37H,1-7H2;3*1-4,7-8H/t12?,16-,18?,29?;;;/m1.../s1. The van der Waals surface area contributed by atoms with Crippen LogP contribution in [0.2, 0.25) is 0 Å². The highest BCUT2D eigenvalue weighted by molar-refractivity contribution is 5.66. The van der Waals surface area contributed by atoms with Crippen molar-refractivity contribution in [3.63, 3.8) is 0 Å². The first-order valence-corrected chi connectivity index (χ1v) is 19.7. The Labute approximate surface area is 355 Å². The lowest BCUT2D eigenvalue weighted by Crippen LogP contribution is -2.30. The molecule has 1 heterocycles. The van der Waals surface area contributed by atoms with E-state index >= 15 is 0 Å². The van der Waals surface area contributed by atoms with E-state index in [1.165, 1.54) is 60.7 Å². The van der Waals surface area contributed by atoms with Gasteiger partial charge >= 0.3 is 0 Å². The zero-order chi connectivity index (χ0) is 44.8. The van der Waals surface area contributed by atoms with E-state index in [-0.39, 0.29) is 88.4 Å². The number of aromatic hydroxyl groups is 12. The van der Waals surface area contributed by atoms with Crippen LogP contribution in [0.4, 0.5) is 0 Å². The maximum absolute atomic E-state index is 11.3. The van der Waals surface area contributed by atoms with E-state index in [2.05, 4.69) is 0 Å². The predicted octanol–water partition coefficient (Wildman–Crippen LogP) is 6.42. The van der Waals surface area contributed by atoms with Crippen LogP contribution in [0.15, 0.2) is 97.1 Å². The largest absolute Gasteiger partial charge is 0.508 e. The van der Waals surface area contributed by atoms with Gasteiger partial charge in [-0.05, 0) is 79.6 Å². The number of phenolic OH excluding ortho intramolecular Hbond substituents is 12. The normalized spacial score (nSPS) is 18.3. The first kappa shape index (κ1) is 44.2. The number of rotatable bonds is 2. The molecule has 326 valence electrons. The van der Waals surface area contributed by atoms with E-state index in [4.69, 9.17) is 35.4 Å². The van der Waals surface area contributed by atoms with Gasteiger partial charge in [0.1, 0.15) is 40.2 Å². The Kier molecular flexibility index (Phi) is 13.5. The molecule has 4 atom stereocenters. The number of para-hydroxylation sites is 6. The van der Waals surface area contributed by atoms with Crippen molar-refractivity contribution in [1.82, 2.24) is 0 Å². The third-order valence-corrected chi connectivity index (χ3v) is 11.0. The van der Waals surface area contributed by atoms with Crippen LogP contribution in [-0.2, 0) is 19.3 Å². The summed E-state index contributed by atoms with van der Waals surface area (Å²) in [6, 6.07) is 23.5. The molecule has 0 bridgehead atoms. The number of fused-ring (bicyclic) bond motifs is 3. The van der Waals surface area contributed by atoms with Gasteiger partial charge in [0.25, 0.3) is 0 Å². The maximum atomic E-state index is 11.3. The van der Waals surface area contributed by atoms with Gasteiger partial charge < -0.3 is 76.2 Å². The van der Waals surface area contributed by atoms with E-state index in [0.717, 1.165) is 0 Å². The average molecular weight is 853 g/mol. The Bertz CT molecular complexity index is 2370. The van der Waals surface area contributed by atoms with E-state index < -0.39 is 24.0 Å². The minimum Gasteiger partial charge on any atom is -0.508 e. The van der Waals surface area contributed by atoms with Crippen LogP contribution in [0.1, 0.15) is 70.0 Å². The minimum absolute atomic E-state index is 0.0764. The van der Waals surface area contributed by atoms with E-state index in [9.17, 15) is 40.9 Å². The molecular formula is C47H48O15. The van der Waals surface area contributed by atoms with Crippen LogP contribution in [0.5, 0.6) is 74.7 Å². The molecule has 0 aromatic heterocycles. The molecule has 14 N–H and O–H groups in total. The molecule has 3 unspecified atom stereocenters. The maximum Gasteiger partial charge on any atom is 0.157 e. The van der Waals surface area contributed by atoms with Crippen molar-refractivity contribution in [3.8, 4) is 74.7 Å². The summed E-state index contributed by atoms with van der Waals surface area (Å²) < 4.78 is 5.68. The summed E-state index contributed by atoms with van der Waals surface area (Å²) in [6.45, 7) is 0.274. The van der Waals surface area contributed by atoms with Gasteiger partial charge in [-0.25, -0.2) is 0 Å². The molecule has 6 aromatic carbocycles. The summed E-state index contributed by atoms with van der Waals surface area (Å²) in [5.41, 5.74) is 3.44. The lowest BCUT2D eigenvalue weighted by molar-refractivity contribution is 0.134. The van der Waals surface area contributed by atoms with Crippen LogP contribution < -0.4 is 4.74 Å². The Hall–Kier alpha value is -7.36. The van der Waals surface area contributed by atoms with Gasteiger partial charge in [-0.15, -0.1) is 0 Å². The highest BCUT2D eigenvalue weighted by Crippen LogP contribution is 2.55. The molecule has 2 aliphatic carbocycles. The lowest BCUT2D eigenvalue weighted by Gasteiger charge is -2.37. The quantitative estimate of drug-likeness (QED) is 0.0837. The Morgan fingerprint density at radius 1 is 0.403 bits per heavy atom. The van der Waals surface area contributed by atoms with Crippen molar-refractivity contribution in [2.45, 2.75) is 62.6 Å². The predicted molar refractivity (Wildman–Crippen MR) is 225 cm³/mol. The topological polar surface area (TPSA) is 292 Å². The fraction of sp³-hybridized carbons (Fsp3) is 0.234. The first-order chi connectivity index (χ1) is 29.6. The number of aliphatic hydroxyl groups excluding tert-OH is 2. The summed E-state index contributed by atoms with van der Waals surface area (Å²) >= 11 is 0. The fourth-order valence-electron chi connectivity index (χ4n) is 8.19. The van der Waals surface area contributed by atoms with Gasteiger partial charge in [0.05, 0.1) is 18.8 Å². The Morgan fingerprint density at radius 2 is 0.839 bits per heavy atom. The molecule has 15 nitrogen and oxygen atoms in total. The zero-order valence-corrected chi connectivity index (χ0v) is 33.2. The molecule has 0 fully saturated rings. The van der Waals surface area contributed by atoms with Gasteiger partial charge in [0, 0.05) is 70.3 Å². The molecule has 0 saturated carbocycles. The number of phenols is 12. The lowest BCUT2D eigenvalue weighted by atomic mass is 9.69. The van der Waals surface area contributed by atoms with Crippen LogP contribution in [-0.4, -0.2) is 90.3 Å². The molecule has 6 aromatic rings. The smallest absolute Gasteiger partial charge is 0.157 e. The molecule has 9 rings (SSSR count). The van der Waals surface area contributed by atoms with E-state index in [1.807, 2.05) is 0 Å². The highest BCUT2D eigenvalue weighted by Gasteiger charge is 2.41. The molecule has 0 spiro atoms. The SMILES string of the molecule is Oc1cc(O)c2c(c1)OCC[C@@H]2c1c(O)cc(O)c2c1CCC(O)C2c1c(O)cc(O)c2c1CCC(O)C2.Oc1ccccc1O.Oc1ccccc1O.Oc1ccccc1O. The minimum atomic E-state index is -0.968.